The van der Waals surface area contributed by atoms with E-state index in [4.69, 9.17) is 5.73 Å². The number of hydrogen-bond acceptors (Lipinski definition) is 3. The molecular weight excluding hydrogens is 194 g/mol. The van der Waals surface area contributed by atoms with E-state index in [2.05, 4.69) is 18.2 Å². The van der Waals surface area contributed by atoms with Crippen molar-refractivity contribution in [1.29, 1.82) is 0 Å². The number of thioether (sulfide) groups is 1. The summed E-state index contributed by atoms with van der Waals surface area (Å²) < 4.78 is 1.98. The van der Waals surface area contributed by atoms with Gasteiger partial charge in [-0.05, 0) is 30.6 Å². The summed E-state index contributed by atoms with van der Waals surface area (Å²) in [5.74, 6) is 2.97. The number of aromatic nitrogens is 2. The van der Waals surface area contributed by atoms with Gasteiger partial charge in [-0.25, -0.2) is 0 Å². The highest BCUT2D eigenvalue weighted by molar-refractivity contribution is 7.99. The quantitative estimate of drug-likeness (QED) is 0.815. The molecule has 1 aliphatic rings. The SMILES string of the molecule is CCn1cc(CC2CSCC2N)cn1. The Bertz CT molecular complexity index is 297. The lowest BCUT2D eigenvalue weighted by Crippen LogP contribution is -2.29. The Hall–Kier alpha value is -0.480. The average molecular weight is 211 g/mol. The molecule has 0 saturated carbocycles. The Morgan fingerprint density at radius 2 is 2.50 bits per heavy atom. The van der Waals surface area contributed by atoms with Gasteiger partial charge in [0.2, 0.25) is 0 Å². The van der Waals surface area contributed by atoms with E-state index in [1.165, 1.54) is 11.3 Å². The number of nitrogens with zero attached hydrogens (tertiary/aromatic N) is 2. The van der Waals surface area contributed by atoms with E-state index in [-0.39, 0.29) is 0 Å². The molecule has 1 fully saturated rings. The predicted molar refractivity (Wildman–Crippen MR) is 60.4 cm³/mol. The van der Waals surface area contributed by atoms with E-state index in [1.54, 1.807) is 0 Å². The lowest BCUT2D eigenvalue weighted by Gasteiger charge is -2.12. The first-order chi connectivity index (χ1) is 6.79. The van der Waals surface area contributed by atoms with Crippen LogP contribution in [0.5, 0.6) is 0 Å². The van der Waals surface area contributed by atoms with E-state index in [9.17, 15) is 0 Å². The van der Waals surface area contributed by atoms with Crippen molar-refractivity contribution in [3.05, 3.63) is 18.0 Å². The van der Waals surface area contributed by atoms with Crippen LogP contribution in [0.15, 0.2) is 12.4 Å². The molecule has 0 radical (unpaired) electrons. The summed E-state index contributed by atoms with van der Waals surface area (Å²) in [7, 11) is 0. The fourth-order valence-corrected chi connectivity index (χ4v) is 3.16. The van der Waals surface area contributed by atoms with Gasteiger partial charge in [-0.2, -0.15) is 16.9 Å². The molecule has 0 bridgehead atoms. The molecule has 0 aliphatic carbocycles. The third kappa shape index (κ3) is 2.12. The molecule has 14 heavy (non-hydrogen) atoms. The first kappa shape index (κ1) is 10.1. The Labute approximate surface area is 89.1 Å². The molecule has 0 amide bonds. The predicted octanol–water partition coefficient (Wildman–Crippen LogP) is 1.14. The first-order valence-electron chi connectivity index (χ1n) is 5.14. The second-order valence-corrected chi connectivity index (χ2v) is 4.94. The zero-order valence-corrected chi connectivity index (χ0v) is 9.33. The van der Waals surface area contributed by atoms with Crippen molar-refractivity contribution in [1.82, 2.24) is 9.78 Å². The molecule has 0 aromatic carbocycles. The van der Waals surface area contributed by atoms with Gasteiger partial charge in [-0.15, -0.1) is 0 Å². The Balaban J connectivity index is 1.96. The molecule has 3 nitrogen and oxygen atoms in total. The van der Waals surface area contributed by atoms with Crippen LogP contribution in [0.4, 0.5) is 0 Å². The second-order valence-electron chi connectivity index (χ2n) is 3.87. The highest BCUT2D eigenvalue weighted by Gasteiger charge is 2.24. The number of rotatable bonds is 3. The minimum atomic E-state index is 0.380. The highest BCUT2D eigenvalue weighted by atomic mass is 32.2. The molecule has 1 aromatic rings. The molecule has 2 heterocycles. The fraction of sp³-hybridized carbons (Fsp3) is 0.700. The summed E-state index contributed by atoms with van der Waals surface area (Å²) in [4.78, 5) is 0. The van der Waals surface area contributed by atoms with Crippen molar-refractivity contribution in [3.8, 4) is 0 Å². The van der Waals surface area contributed by atoms with Crippen LogP contribution < -0.4 is 5.73 Å². The maximum atomic E-state index is 6.02. The van der Waals surface area contributed by atoms with Crippen LogP contribution in [0.2, 0.25) is 0 Å². The summed E-state index contributed by atoms with van der Waals surface area (Å²) in [5.41, 5.74) is 7.35. The Kier molecular flexibility index (Phi) is 3.13. The van der Waals surface area contributed by atoms with Crippen molar-refractivity contribution >= 4 is 11.8 Å². The summed E-state index contributed by atoms with van der Waals surface area (Å²) >= 11 is 1.97. The normalized spacial score (nSPS) is 27.0. The molecule has 2 atom stereocenters. The Morgan fingerprint density at radius 1 is 1.64 bits per heavy atom. The number of nitrogens with two attached hydrogens (primary N) is 1. The maximum Gasteiger partial charge on any atom is 0.0521 e. The number of aryl methyl sites for hydroxylation is 1. The summed E-state index contributed by atoms with van der Waals surface area (Å²) in [6.45, 7) is 3.05. The minimum absolute atomic E-state index is 0.380. The topological polar surface area (TPSA) is 43.8 Å². The lowest BCUT2D eigenvalue weighted by atomic mass is 9.97. The minimum Gasteiger partial charge on any atom is -0.327 e. The third-order valence-electron chi connectivity index (χ3n) is 2.76. The van der Waals surface area contributed by atoms with Crippen molar-refractivity contribution in [2.45, 2.75) is 25.9 Å². The molecule has 2 N–H and O–H groups in total. The molecule has 78 valence electrons. The average Bonchev–Trinajstić information content (AvgIpc) is 2.77. The Morgan fingerprint density at radius 3 is 3.07 bits per heavy atom. The van der Waals surface area contributed by atoms with Gasteiger partial charge in [-0.1, -0.05) is 0 Å². The molecule has 2 unspecified atom stereocenters. The van der Waals surface area contributed by atoms with Gasteiger partial charge < -0.3 is 5.73 Å². The lowest BCUT2D eigenvalue weighted by molar-refractivity contribution is 0.515. The monoisotopic (exact) mass is 211 g/mol. The number of hydrogen-bond donors (Lipinski definition) is 1. The molecule has 4 heteroatoms. The van der Waals surface area contributed by atoms with E-state index in [1.807, 2.05) is 22.6 Å². The molecule has 1 aliphatic heterocycles. The van der Waals surface area contributed by atoms with E-state index in [0.717, 1.165) is 18.7 Å². The zero-order chi connectivity index (χ0) is 9.97. The zero-order valence-electron chi connectivity index (χ0n) is 8.52. The van der Waals surface area contributed by atoms with Gasteiger partial charge in [-0.3, -0.25) is 4.68 Å². The standard InChI is InChI=1S/C10H17N3S/c1-2-13-5-8(4-12-13)3-9-6-14-7-10(9)11/h4-5,9-10H,2-3,6-7,11H2,1H3. The van der Waals surface area contributed by atoms with E-state index in [0.29, 0.717) is 12.0 Å². The van der Waals surface area contributed by atoms with Gasteiger partial charge in [0.05, 0.1) is 6.20 Å². The fourth-order valence-electron chi connectivity index (χ4n) is 1.81. The van der Waals surface area contributed by atoms with Gasteiger partial charge in [0.1, 0.15) is 0 Å². The maximum absolute atomic E-state index is 6.02. The third-order valence-corrected chi connectivity index (χ3v) is 4.04. The van der Waals surface area contributed by atoms with Crippen molar-refractivity contribution < 1.29 is 0 Å². The first-order valence-corrected chi connectivity index (χ1v) is 6.29. The highest BCUT2D eigenvalue weighted by Crippen LogP contribution is 2.25. The summed E-state index contributed by atoms with van der Waals surface area (Å²) in [5, 5.41) is 4.27. The molecule has 2 rings (SSSR count). The van der Waals surface area contributed by atoms with Crippen LogP contribution >= 0.6 is 11.8 Å². The van der Waals surface area contributed by atoms with Crippen LogP contribution in [0.3, 0.4) is 0 Å². The summed E-state index contributed by atoms with van der Waals surface area (Å²) in [6, 6.07) is 0.380. The van der Waals surface area contributed by atoms with Gasteiger partial charge in [0.25, 0.3) is 0 Å². The van der Waals surface area contributed by atoms with E-state index >= 15 is 0 Å². The largest absolute Gasteiger partial charge is 0.327 e. The van der Waals surface area contributed by atoms with Gasteiger partial charge in [0, 0.05) is 24.5 Å². The van der Waals surface area contributed by atoms with Crippen LogP contribution in [0.1, 0.15) is 12.5 Å². The molecular formula is C10H17N3S. The second kappa shape index (κ2) is 4.36. The van der Waals surface area contributed by atoms with Crippen LogP contribution in [0, 0.1) is 5.92 Å². The van der Waals surface area contributed by atoms with Crippen molar-refractivity contribution in [2.24, 2.45) is 11.7 Å². The van der Waals surface area contributed by atoms with Gasteiger partial charge in [0.15, 0.2) is 0 Å². The van der Waals surface area contributed by atoms with Crippen LogP contribution in [-0.4, -0.2) is 27.3 Å². The van der Waals surface area contributed by atoms with Crippen LogP contribution in [-0.2, 0) is 13.0 Å². The smallest absolute Gasteiger partial charge is 0.0521 e. The van der Waals surface area contributed by atoms with Crippen LogP contribution in [0.25, 0.3) is 0 Å². The van der Waals surface area contributed by atoms with Crippen molar-refractivity contribution in [2.75, 3.05) is 11.5 Å². The molecule has 1 saturated heterocycles. The molecule has 0 spiro atoms. The summed E-state index contributed by atoms with van der Waals surface area (Å²) in [6.07, 6.45) is 5.20. The molecule has 1 aromatic heterocycles. The van der Waals surface area contributed by atoms with E-state index < -0.39 is 0 Å². The van der Waals surface area contributed by atoms with Crippen molar-refractivity contribution in [3.63, 3.8) is 0 Å². The van der Waals surface area contributed by atoms with Gasteiger partial charge >= 0.3 is 0 Å².